The van der Waals surface area contributed by atoms with Crippen LogP contribution in [0.15, 0.2) is 60.7 Å². The molecule has 1 aliphatic rings. The molecule has 0 bridgehead atoms. The largest absolute Gasteiger partial charge is 0.348 e. The van der Waals surface area contributed by atoms with Crippen molar-refractivity contribution in [2.75, 3.05) is 19.6 Å². The maximum absolute atomic E-state index is 12.6. The Kier molecular flexibility index (Phi) is 7.84. The Morgan fingerprint density at radius 3 is 2.26 bits per heavy atom. The summed E-state index contributed by atoms with van der Waals surface area (Å²) in [6.07, 6.45) is 0. The number of amides is 1. The molecule has 0 spiro atoms. The summed E-state index contributed by atoms with van der Waals surface area (Å²) in [5.74, 6) is 0.687. The van der Waals surface area contributed by atoms with Gasteiger partial charge in [0.25, 0.3) is 0 Å². The minimum Gasteiger partial charge on any atom is -0.348 e. The average molecular weight is 388 g/mol. The molecule has 1 unspecified atom stereocenters. The van der Waals surface area contributed by atoms with Crippen molar-refractivity contribution in [3.8, 4) is 0 Å². The van der Waals surface area contributed by atoms with Gasteiger partial charge in [0, 0.05) is 25.0 Å². The van der Waals surface area contributed by atoms with Gasteiger partial charge in [-0.25, -0.2) is 0 Å². The van der Waals surface area contributed by atoms with E-state index >= 15 is 0 Å². The van der Waals surface area contributed by atoms with Crippen LogP contribution in [0.4, 0.5) is 0 Å². The Morgan fingerprint density at radius 1 is 1.07 bits per heavy atom. The van der Waals surface area contributed by atoms with Gasteiger partial charge in [-0.3, -0.25) is 9.69 Å². The first-order valence-electron chi connectivity index (χ1n) is 9.41. The van der Waals surface area contributed by atoms with Crippen LogP contribution in [-0.2, 0) is 4.79 Å². The number of nitrogens with two attached hydrogens (primary N) is 1. The summed E-state index contributed by atoms with van der Waals surface area (Å²) < 4.78 is 0. The molecule has 4 nitrogen and oxygen atoms in total. The number of carbonyl (C=O) groups is 1. The smallest absolute Gasteiger partial charge is 0.234 e. The second-order valence-corrected chi connectivity index (χ2v) is 7.57. The molecular weight excluding hydrogens is 358 g/mol. The molecule has 3 rings (SSSR count). The summed E-state index contributed by atoms with van der Waals surface area (Å²) in [7, 11) is 0. The van der Waals surface area contributed by atoms with Gasteiger partial charge in [-0.05, 0) is 17.0 Å². The first kappa shape index (κ1) is 21.4. The van der Waals surface area contributed by atoms with E-state index in [9.17, 15) is 4.79 Å². The van der Waals surface area contributed by atoms with Crippen LogP contribution >= 0.6 is 12.4 Å². The van der Waals surface area contributed by atoms with Gasteiger partial charge in [0.15, 0.2) is 0 Å². The monoisotopic (exact) mass is 387 g/mol. The van der Waals surface area contributed by atoms with Gasteiger partial charge < -0.3 is 11.1 Å². The predicted molar refractivity (Wildman–Crippen MR) is 113 cm³/mol. The van der Waals surface area contributed by atoms with E-state index in [0.29, 0.717) is 18.4 Å². The highest BCUT2D eigenvalue weighted by atomic mass is 35.5. The summed E-state index contributed by atoms with van der Waals surface area (Å²) >= 11 is 0. The molecular formula is C22H30ClN3O. The lowest BCUT2D eigenvalue weighted by Crippen LogP contribution is -2.40. The topological polar surface area (TPSA) is 58.4 Å². The first-order valence-corrected chi connectivity index (χ1v) is 9.41. The van der Waals surface area contributed by atoms with Crippen LogP contribution in [0.1, 0.15) is 36.9 Å². The van der Waals surface area contributed by atoms with E-state index in [4.69, 9.17) is 5.73 Å². The second kappa shape index (κ2) is 9.88. The number of likely N-dealkylation sites (tertiary alicyclic amines) is 1. The molecule has 0 aromatic heterocycles. The number of hydrogen-bond donors (Lipinski definition) is 2. The Balaban J connectivity index is 0.00000261. The summed E-state index contributed by atoms with van der Waals surface area (Å²) in [4.78, 5) is 14.8. The van der Waals surface area contributed by atoms with Gasteiger partial charge in [0.1, 0.15) is 0 Å². The van der Waals surface area contributed by atoms with Crippen LogP contribution in [-0.4, -0.2) is 36.5 Å². The number of halogens is 1. The van der Waals surface area contributed by atoms with Crippen LogP contribution in [0.2, 0.25) is 0 Å². The van der Waals surface area contributed by atoms with E-state index < -0.39 is 0 Å². The fourth-order valence-electron chi connectivity index (χ4n) is 3.81. The Bertz CT molecular complexity index is 708. The van der Waals surface area contributed by atoms with Crippen molar-refractivity contribution in [1.82, 2.24) is 10.2 Å². The number of benzene rings is 2. The maximum Gasteiger partial charge on any atom is 0.234 e. The van der Waals surface area contributed by atoms with Gasteiger partial charge in [0.05, 0.1) is 12.6 Å². The summed E-state index contributed by atoms with van der Waals surface area (Å²) in [6.45, 7) is 6.25. The minimum atomic E-state index is 0. The average Bonchev–Trinajstić information content (AvgIpc) is 3.01. The fourth-order valence-corrected chi connectivity index (χ4v) is 3.81. The molecule has 0 saturated carbocycles. The van der Waals surface area contributed by atoms with Gasteiger partial charge in [-0.15, -0.1) is 12.4 Å². The van der Waals surface area contributed by atoms with Gasteiger partial charge in [-0.2, -0.15) is 0 Å². The Morgan fingerprint density at radius 2 is 1.67 bits per heavy atom. The maximum atomic E-state index is 12.6. The van der Waals surface area contributed by atoms with Crippen LogP contribution < -0.4 is 11.1 Å². The van der Waals surface area contributed by atoms with Crippen molar-refractivity contribution >= 4 is 18.3 Å². The molecule has 146 valence electrons. The Labute approximate surface area is 168 Å². The number of rotatable bonds is 6. The quantitative estimate of drug-likeness (QED) is 0.799. The summed E-state index contributed by atoms with van der Waals surface area (Å²) in [6, 6.07) is 20.6. The number of nitrogens with zero attached hydrogens (tertiary/aromatic N) is 1. The van der Waals surface area contributed by atoms with E-state index in [0.717, 1.165) is 18.7 Å². The highest BCUT2D eigenvalue weighted by Crippen LogP contribution is 2.26. The van der Waals surface area contributed by atoms with Crippen LogP contribution in [0.25, 0.3) is 0 Å². The van der Waals surface area contributed by atoms with E-state index in [-0.39, 0.29) is 30.4 Å². The molecule has 1 fully saturated rings. The summed E-state index contributed by atoms with van der Waals surface area (Å²) in [5.41, 5.74) is 8.75. The van der Waals surface area contributed by atoms with Crippen molar-refractivity contribution in [3.05, 3.63) is 71.8 Å². The predicted octanol–water partition coefficient (Wildman–Crippen LogP) is 3.35. The third-order valence-corrected chi connectivity index (χ3v) is 5.18. The van der Waals surface area contributed by atoms with Crippen molar-refractivity contribution < 1.29 is 4.79 Å². The van der Waals surface area contributed by atoms with Crippen molar-refractivity contribution in [2.24, 2.45) is 11.7 Å². The molecule has 1 aliphatic heterocycles. The zero-order valence-corrected chi connectivity index (χ0v) is 16.9. The van der Waals surface area contributed by atoms with Crippen LogP contribution in [0.5, 0.6) is 0 Å². The molecule has 2 aromatic carbocycles. The molecule has 1 heterocycles. The van der Waals surface area contributed by atoms with Gasteiger partial charge in [0.2, 0.25) is 5.91 Å². The van der Waals surface area contributed by atoms with E-state index in [1.165, 1.54) is 5.56 Å². The molecule has 1 amide bonds. The molecule has 0 radical (unpaired) electrons. The highest BCUT2D eigenvalue weighted by Gasteiger charge is 2.32. The lowest BCUT2D eigenvalue weighted by Gasteiger charge is -2.24. The van der Waals surface area contributed by atoms with Crippen LogP contribution in [0.3, 0.4) is 0 Å². The zero-order chi connectivity index (χ0) is 18.5. The summed E-state index contributed by atoms with van der Waals surface area (Å²) in [5, 5.41) is 3.21. The molecule has 0 aliphatic carbocycles. The fraction of sp³-hybridized carbons (Fsp3) is 0.409. The molecule has 27 heavy (non-hydrogen) atoms. The highest BCUT2D eigenvalue weighted by molar-refractivity contribution is 5.85. The van der Waals surface area contributed by atoms with E-state index in [1.54, 1.807) is 0 Å². The minimum absolute atomic E-state index is 0. The Hall–Kier alpha value is -1.88. The number of carbonyl (C=O) groups excluding carboxylic acids is 1. The third-order valence-electron chi connectivity index (χ3n) is 5.18. The van der Waals surface area contributed by atoms with Gasteiger partial charge in [-0.1, -0.05) is 74.5 Å². The molecule has 1 saturated heterocycles. The molecule has 5 heteroatoms. The van der Waals surface area contributed by atoms with Gasteiger partial charge >= 0.3 is 0 Å². The van der Waals surface area contributed by atoms with E-state index in [2.05, 4.69) is 48.3 Å². The van der Waals surface area contributed by atoms with Crippen molar-refractivity contribution in [1.29, 1.82) is 0 Å². The molecule has 3 N–H and O–H groups in total. The molecule has 2 aromatic rings. The number of nitrogens with one attached hydrogen (secondary N) is 1. The number of hydrogen-bond acceptors (Lipinski definition) is 3. The second-order valence-electron chi connectivity index (χ2n) is 7.57. The van der Waals surface area contributed by atoms with Crippen molar-refractivity contribution in [3.63, 3.8) is 0 Å². The lowest BCUT2D eigenvalue weighted by atomic mass is 9.95. The first-order chi connectivity index (χ1) is 12.5. The van der Waals surface area contributed by atoms with E-state index in [1.807, 2.05) is 36.4 Å². The normalized spacial score (nSPS) is 20.9. The lowest BCUT2D eigenvalue weighted by molar-refractivity contribution is -0.123. The third kappa shape index (κ3) is 5.55. The SMILES string of the molecule is CC(C)C(NC(=O)CN1C[C@@H](N)[C@H](c2ccccc2)C1)c1ccccc1.Cl. The molecule has 3 atom stereocenters. The van der Waals surface area contributed by atoms with Crippen molar-refractivity contribution in [2.45, 2.75) is 31.8 Å². The standard InChI is InChI=1S/C22H29N3O.ClH/c1-16(2)22(18-11-7-4-8-12-18)24-21(26)15-25-13-19(20(23)14-25)17-9-5-3-6-10-17;/h3-12,16,19-20,22H,13-15,23H2,1-2H3,(H,24,26);1H/t19-,20+,22?;/m0./s1. The zero-order valence-electron chi connectivity index (χ0n) is 16.0. The van der Waals surface area contributed by atoms with Crippen LogP contribution in [0, 0.1) is 5.92 Å².